The van der Waals surface area contributed by atoms with Gasteiger partial charge in [-0.3, -0.25) is 4.98 Å². The summed E-state index contributed by atoms with van der Waals surface area (Å²) < 4.78 is 8.11. The fourth-order valence-electron chi connectivity index (χ4n) is 4.42. The molecule has 0 aliphatic rings. The lowest BCUT2D eigenvalue weighted by Crippen LogP contribution is -2.28. The molecular formula is C27H29N3O. The molecule has 4 heteroatoms. The van der Waals surface area contributed by atoms with Crippen molar-refractivity contribution in [3.05, 3.63) is 103 Å². The van der Waals surface area contributed by atoms with Crippen molar-refractivity contribution in [1.29, 1.82) is 0 Å². The predicted octanol–water partition coefficient (Wildman–Crippen LogP) is 6.95. The summed E-state index contributed by atoms with van der Waals surface area (Å²) in [6.45, 7) is 4.49. The summed E-state index contributed by atoms with van der Waals surface area (Å²) in [4.78, 5) is 4.77. The van der Waals surface area contributed by atoms with Gasteiger partial charge in [0.25, 0.3) is 0 Å². The molecule has 4 nitrogen and oxygen atoms in total. The van der Waals surface area contributed by atoms with Crippen LogP contribution in [0.1, 0.15) is 50.8 Å². The van der Waals surface area contributed by atoms with Gasteiger partial charge in [-0.25, -0.2) is 4.68 Å². The van der Waals surface area contributed by atoms with Crippen LogP contribution < -0.4 is 4.74 Å². The van der Waals surface area contributed by atoms with Gasteiger partial charge in [0.15, 0.2) is 0 Å². The second-order valence-corrected chi connectivity index (χ2v) is 7.87. The molecule has 0 bridgehead atoms. The van der Waals surface area contributed by atoms with Crippen molar-refractivity contribution in [2.75, 3.05) is 0 Å². The van der Waals surface area contributed by atoms with Gasteiger partial charge in [-0.15, -0.1) is 0 Å². The van der Waals surface area contributed by atoms with E-state index in [1.54, 1.807) is 6.20 Å². The number of hydrogen-bond acceptors (Lipinski definition) is 3. The third-order valence-corrected chi connectivity index (χ3v) is 5.72. The van der Waals surface area contributed by atoms with Gasteiger partial charge in [-0.1, -0.05) is 51.0 Å². The normalized spacial score (nSPS) is 11.4. The number of rotatable bonds is 9. The highest BCUT2D eigenvalue weighted by Crippen LogP contribution is 2.41. The number of benzene rings is 2. The monoisotopic (exact) mass is 411 g/mol. The van der Waals surface area contributed by atoms with E-state index in [2.05, 4.69) is 49.3 Å². The maximum absolute atomic E-state index is 6.28. The quantitative estimate of drug-likeness (QED) is 0.299. The molecule has 31 heavy (non-hydrogen) atoms. The van der Waals surface area contributed by atoms with Gasteiger partial charge in [-0.05, 0) is 60.9 Å². The largest absolute Gasteiger partial charge is 0.457 e. The second-order valence-electron chi connectivity index (χ2n) is 7.87. The minimum absolute atomic E-state index is 0.110. The molecule has 0 aliphatic heterocycles. The van der Waals surface area contributed by atoms with E-state index in [0.29, 0.717) is 0 Å². The van der Waals surface area contributed by atoms with Gasteiger partial charge in [0.05, 0.1) is 11.4 Å². The van der Waals surface area contributed by atoms with E-state index in [-0.39, 0.29) is 5.41 Å². The molecule has 2 aromatic heterocycles. The average molecular weight is 412 g/mol. The summed E-state index contributed by atoms with van der Waals surface area (Å²) in [7, 11) is 0. The zero-order valence-corrected chi connectivity index (χ0v) is 18.2. The van der Waals surface area contributed by atoms with Crippen molar-refractivity contribution >= 4 is 0 Å². The highest BCUT2D eigenvalue weighted by molar-refractivity contribution is 5.44. The molecule has 0 aliphatic carbocycles. The van der Waals surface area contributed by atoms with Crippen LogP contribution in [0.2, 0.25) is 0 Å². The number of ether oxygens (including phenoxy) is 1. The molecule has 2 aromatic carbocycles. The minimum Gasteiger partial charge on any atom is -0.457 e. The van der Waals surface area contributed by atoms with Gasteiger partial charge < -0.3 is 4.74 Å². The maximum atomic E-state index is 6.28. The molecule has 0 atom stereocenters. The summed E-state index contributed by atoms with van der Waals surface area (Å²) in [5, 5.41) is 4.31. The fraction of sp³-hybridized carbons (Fsp3) is 0.259. The Morgan fingerprint density at radius 3 is 2.26 bits per heavy atom. The van der Waals surface area contributed by atoms with Gasteiger partial charge in [-0.2, -0.15) is 5.10 Å². The average Bonchev–Trinajstić information content (AvgIpc) is 3.35. The first-order valence-electron chi connectivity index (χ1n) is 11.0. The summed E-state index contributed by atoms with van der Waals surface area (Å²) in [5.41, 5.74) is 3.26. The minimum atomic E-state index is -0.110. The molecule has 0 spiro atoms. The molecule has 4 rings (SSSR count). The van der Waals surface area contributed by atoms with Crippen LogP contribution in [0.4, 0.5) is 0 Å². The van der Waals surface area contributed by atoms with Crippen LogP contribution in [0.5, 0.6) is 11.5 Å². The van der Waals surface area contributed by atoms with Crippen LogP contribution in [0, 0.1) is 0 Å². The molecule has 0 unspecified atom stereocenters. The van der Waals surface area contributed by atoms with Crippen LogP contribution >= 0.6 is 0 Å². The van der Waals surface area contributed by atoms with Crippen LogP contribution in [0.25, 0.3) is 5.69 Å². The van der Waals surface area contributed by atoms with E-state index in [4.69, 9.17) is 9.72 Å². The van der Waals surface area contributed by atoms with Crippen molar-refractivity contribution in [3.8, 4) is 17.2 Å². The summed E-state index contributed by atoms with van der Waals surface area (Å²) >= 11 is 0. The Hall–Kier alpha value is -3.40. The summed E-state index contributed by atoms with van der Waals surface area (Å²) in [5.74, 6) is 1.63. The lowest BCUT2D eigenvalue weighted by molar-refractivity contribution is 0.411. The van der Waals surface area contributed by atoms with Crippen molar-refractivity contribution in [2.45, 2.75) is 44.9 Å². The van der Waals surface area contributed by atoms with Crippen LogP contribution in [-0.4, -0.2) is 14.8 Å². The molecule has 0 fully saturated rings. The molecule has 4 aromatic rings. The first-order valence-corrected chi connectivity index (χ1v) is 11.0. The Morgan fingerprint density at radius 1 is 0.806 bits per heavy atom. The molecule has 0 saturated heterocycles. The first kappa shape index (κ1) is 20.9. The maximum Gasteiger partial charge on any atom is 0.129 e. The number of nitrogens with zero attached hydrogens (tertiary/aromatic N) is 3. The number of aromatic nitrogens is 3. The molecule has 2 heterocycles. The van der Waals surface area contributed by atoms with Crippen LogP contribution in [0.3, 0.4) is 0 Å². The van der Waals surface area contributed by atoms with E-state index >= 15 is 0 Å². The van der Waals surface area contributed by atoms with Crippen molar-refractivity contribution in [3.63, 3.8) is 0 Å². The molecule has 0 saturated carbocycles. The number of hydrogen-bond donors (Lipinski definition) is 0. The Morgan fingerprint density at radius 2 is 1.58 bits per heavy atom. The topological polar surface area (TPSA) is 39.9 Å². The molecule has 158 valence electrons. The second kappa shape index (κ2) is 9.61. The highest BCUT2D eigenvalue weighted by atomic mass is 16.5. The van der Waals surface area contributed by atoms with E-state index in [0.717, 1.165) is 48.6 Å². The Labute approximate surface area is 184 Å². The van der Waals surface area contributed by atoms with E-state index < -0.39 is 0 Å². The lowest BCUT2D eigenvalue weighted by Gasteiger charge is -2.34. The van der Waals surface area contributed by atoms with Crippen molar-refractivity contribution < 1.29 is 4.74 Å². The Balaban J connectivity index is 1.69. The smallest absolute Gasteiger partial charge is 0.129 e. The van der Waals surface area contributed by atoms with Crippen molar-refractivity contribution in [2.24, 2.45) is 0 Å². The van der Waals surface area contributed by atoms with Gasteiger partial charge in [0.1, 0.15) is 11.5 Å². The van der Waals surface area contributed by atoms with E-state index in [1.165, 1.54) is 5.56 Å². The lowest BCUT2D eigenvalue weighted by atomic mass is 9.70. The zero-order valence-electron chi connectivity index (χ0n) is 18.2. The van der Waals surface area contributed by atoms with Gasteiger partial charge in [0.2, 0.25) is 0 Å². The SMILES string of the molecule is CCCC(CCC)(c1cccc(Oc2cccc(-n3cccn3)c2)c1)c1ccccn1. The number of pyridine rings is 1. The third kappa shape index (κ3) is 4.53. The van der Waals surface area contributed by atoms with Crippen molar-refractivity contribution in [1.82, 2.24) is 14.8 Å². The predicted molar refractivity (Wildman–Crippen MR) is 125 cm³/mol. The van der Waals surface area contributed by atoms with E-state index in [9.17, 15) is 0 Å². The third-order valence-electron chi connectivity index (χ3n) is 5.72. The molecular weight excluding hydrogens is 382 g/mol. The summed E-state index contributed by atoms with van der Waals surface area (Å²) in [6.07, 6.45) is 9.88. The van der Waals surface area contributed by atoms with Gasteiger partial charge in [0, 0.05) is 30.1 Å². The van der Waals surface area contributed by atoms with E-state index in [1.807, 2.05) is 59.5 Å². The van der Waals surface area contributed by atoms with Gasteiger partial charge >= 0.3 is 0 Å². The van der Waals surface area contributed by atoms with Crippen LogP contribution in [0.15, 0.2) is 91.4 Å². The molecule has 0 amide bonds. The zero-order chi connectivity index (χ0) is 21.5. The standard InChI is InChI=1S/C27H29N3O/c1-3-15-27(16-4-2,26-14-5-6-17-28-26)22-10-7-12-24(20-22)31-25-13-8-11-23(21-25)30-19-9-18-29-30/h5-14,17-21H,3-4,15-16H2,1-2H3. The Bertz CT molecular complexity index is 1080. The fourth-order valence-corrected chi connectivity index (χ4v) is 4.42. The first-order chi connectivity index (χ1) is 15.2. The Kier molecular flexibility index (Phi) is 6.46. The highest BCUT2D eigenvalue weighted by Gasteiger charge is 2.34. The summed E-state index contributed by atoms with van der Waals surface area (Å²) in [6, 6.07) is 24.6. The van der Waals surface area contributed by atoms with Crippen LogP contribution in [-0.2, 0) is 5.41 Å². The molecule has 0 radical (unpaired) electrons. The molecule has 0 N–H and O–H groups in total.